The van der Waals surface area contributed by atoms with Gasteiger partial charge in [0.05, 0.1) is 26.4 Å². The molecule has 0 atom stereocenters. The number of nitrogens with zero attached hydrogens (tertiary/aromatic N) is 2. The molecule has 37 heavy (non-hydrogen) atoms. The first-order valence-electron chi connectivity index (χ1n) is 12.6. The predicted octanol–water partition coefficient (Wildman–Crippen LogP) is 5.46. The Morgan fingerprint density at radius 1 is 0.946 bits per heavy atom. The average molecular weight is 507 g/mol. The average Bonchev–Trinajstić information content (AvgIpc) is 2.94. The minimum Gasteiger partial charge on any atom is -0.493 e. The van der Waals surface area contributed by atoms with Crippen LogP contribution in [0, 0.1) is 28.9 Å². The van der Waals surface area contributed by atoms with Crippen LogP contribution < -0.4 is 9.47 Å². The summed E-state index contributed by atoms with van der Waals surface area (Å²) in [5.74, 6) is 0.551. The number of benzene rings is 3. The number of piperidine rings is 1. The highest BCUT2D eigenvalue weighted by molar-refractivity contribution is 5.47. The van der Waals surface area contributed by atoms with Gasteiger partial charge in [0.2, 0.25) is 0 Å². The molecule has 0 unspecified atom stereocenters. The SMILES string of the molecule is COc1cc(CO)ccc1OCCCN1CCC(C(C#N)(c2ccc(F)cc2)c2ccc(F)cc2)CC1. The van der Waals surface area contributed by atoms with E-state index in [1.54, 1.807) is 37.4 Å². The molecule has 3 aromatic rings. The van der Waals surface area contributed by atoms with E-state index < -0.39 is 5.41 Å². The molecular formula is C30H32F2N2O3. The van der Waals surface area contributed by atoms with E-state index in [4.69, 9.17) is 9.47 Å². The van der Waals surface area contributed by atoms with Gasteiger partial charge in [-0.05, 0) is 91.4 Å². The fourth-order valence-electron chi connectivity index (χ4n) is 5.27. The van der Waals surface area contributed by atoms with Crippen LogP contribution in [0.2, 0.25) is 0 Å². The maximum atomic E-state index is 13.7. The van der Waals surface area contributed by atoms with Gasteiger partial charge >= 0.3 is 0 Å². The zero-order valence-corrected chi connectivity index (χ0v) is 21.0. The van der Waals surface area contributed by atoms with Gasteiger partial charge in [0, 0.05) is 6.54 Å². The Balaban J connectivity index is 1.39. The number of methoxy groups -OCH3 is 1. The Bertz CT molecular complexity index is 1160. The molecule has 0 saturated carbocycles. The van der Waals surface area contributed by atoms with E-state index >= 15 is 0 Å². The zero-order valence-electron chi connectivity index (χ0n) is 21.0. The standard InChI is InChI=1S/C30H32F2N2O3/c1-36-29-19-22(20-35)3-12-28(29)37-18-2-15-34-16-13-25(14-17-34)30(21-33,23-4-8-26(31)9-5-23)24-6-10-27(32)11-7-24/h3-12,19,25,35H,2,13-18,20H2,1H3. The van der Waals surface area contributed by atoms with Crippen molar-refractivity contribution in [1.29, 1.82) is 5.26 Å². The van der Waals surface area contributed by atoms with Crippen LogP contribution in [0.4, 0.5) is 8.78 Å². The van der Waals surface area contributed by atoms with E-state index in [1.165, 1.54) is 24.3 Å². The maximum Gasteiger partial charge on any atom is 0.161 e. The maximum absolute atomic E-state index is 13.7. The van der Waals surface area contributed by atoms with Crippen LogP contribution >= 0.6 is 0 Å². The summed E-state index contributed by atoms with van der Waals surface area (Å²) in [5, 5.41) is 19.8. The van der Waals surface area contributed by atoms with Crippen molar-refractivity contribution in [1.82, 2.24) is 4.90 Å². The summed E-state index contributed by atoms with van der Waals surface area (Å²) in [4.78, 5) is 2.36. The van der Waals surface area contributed by atoms with Crippen molar-refractivity contribution in [2.45, 2.75) is 31.3 Å². The molecule has 0 bridgehead atoms. The smallest absolute Gasteiger partial charge is 0.161 e. The molecule has 1 N–H and O–H groups in total. The molecule has 194 valence electrons. The lowest BCUT2D eigenvalue weighted by Crippen LogP contribution is -2.44. The summed E-state index contributed by atoms with van der Waals surface area (Å²) < 4.78 is 38.7. The summed E-state index contributed by atoms with van der Waals surface area (Å²) in [6.07, 6.45) is 2.41. The zero-order chi connectivity index (χ0) is 26.3. The van der Waals surface area contributed by atoms with Gasteiger partial charge in [-0.3, -0.25) is 0 Å². The van der Waals surface area contributed by atoms with Gasteiger partial charge in [-0.15, -0.1) is 0 Å². The number of hydrogen-bond acceptors (Lipinski definition) is 5. The molecule has 1 heterocycles. The van der Waals surface area contributed by atoms with Crippen LogP contribution in [-0.2, 0) is 12.0 Å². The van der Waals surface area contributed by atoms with Crippen molar-refractivity contribution in [3.63, 3.8) is 0 Å². The normalized spacial score (nSPS) is 14.8. The van der Waals surface area contributed by atoms with E-state index in [2.05, 4.69) is 11.0 Å². The molecule has 1 aliphatic heterocycles. The second-order valence-electron chi connectivity index (χ2n) is 9.39. The molecule has 7 heteroatoms. The Kier molecular flexibility index (Phi) is 8.75. The molecule has 5 nitrogen and oxygen atoms in total. The number of rotatable bonds is 10. The van der Waals surface area contributed by atoms with Crippen molar-refractivity contribution >= 4 is 0 Å². The third-order valence-corrected chi connectivity index (χ3v) is 7.26. The molecule has 0 aliphatic carbocycles. The predicted molar refractivity (Wildman–Crippen MR) is 137 cm³/mol. The topological polar surface area (TPSA) is 65.7 Å². The fourth-order valence-corrected chi connectivity index (χ4v) is 5.27. The van der Waals surface area contributed by atoms with Crippen LogP contribution in [0.15, 0.2) is 66.7 Å². The molecule has 1 fully saturated rings. The summed E-state index contributed by atoms with van der Waals surface area (Å²) in [5.41, 5.74) is 1.25. The first-order valence-corrected chi connectivity index (χ1v) is 12.6. The van der Waals surface area contributed by atoms with Crippen molar-refractivity contribution in [2.24, 2.45) is 5.92 Å². The number of aliphatic hydroxyl groups is 1. The Morgan fingerprint density at radius 3 is 2.05 bits per heavy atom. The lowest BCUT2D eigenvalue weighted by Gasteiger charge is -2.41. The van der Waals surface area contributed by atoms with Crippen molar-refractivity contribution in [3.8, 4) is 17.6 Å². The quantitative estimate of drug-likeness (QED) is 0.370. The first-order chi connectivity index (χ1) is 18.0. The molecule has 4 rings (SSSR count). The molecule has 0 aromatic heterocycles. The number of halogens is 2. The summed E-state index contributed by atoms with van der Waals surface area (Å²) in [6, 6.07) is 20.2. The van der Waals surface area contributed by atoms with Crippen molar-refractivity contribution < 1.29 is 23.4 Å². The van der Waals surface area contributed by atoms with Crippen LogP contribution in [-0.4, -0.2) is 43.4 Å². The lowest BCUT2D eigenvalue weighted by molar-refractivity contribution is 0.149. The molecule has 0 radical (unpaired) electrons. The molecule has 0 amide bonds. The van der Waals surface area contributed by atoms with E-state index in [0.29, 0.717) is 18.1 Å². The van der Waals surface area contributed by atoms with Gasteiger partial charge < -0.3 is 19.5 Å². The van der Waals surface area contributed by atoms with Crippen LogP contribution in [0.25, 0.3) is 0 Å². The number of hydrogen-bond donors (Lipinski definition) is 1. The van der Waals surface area contributed by atoms with E-state index in [9.17, 15) is 19.1 Å². The largest absolute Gasteiger partial charge is 0.493 e. The molecular weight excluding hydrogens is 474 g/mol. The van der Waals surface area contributed by atoms with Gasteiger partial charge in [-0.25, -0.2) is 8.78 Å². The van der Waals surface area contributed by atoms with Gasteiger partial charge in [-0.2, -0.15) is 5.26 Å². The van der Waals surface area contributed by atoms with Crippen LogP contribution in [0.5, 0.6) is 11.5 Å². The van der Waals surface area contributed by atoms with E-state index in [-0.39, 0.29) is 24.2 Å². The number of nitriles is 1. The van der Waals surface area contributed by atoms with Gasteiger partial charge in [0.15, 0.2) is 11.5 Å². The van der Waals surface area contributed by atoms with Crippen molar-refractivity contribution in [2.75, 3.05) is 33.4 Å². The Labute approximate surface area is 216 Å². The third-order valence-electron chi connectivity index (χ3n) is 7.26. The fraction of sp³-hybridized carbons (Fsp3) is 0.367. The summed E-state index contributed by atoms with van der Waals surface area (Å²) >= 11 is 0. The summed E-state index contributed by atoms with van der Waals surface area (Å²) in [7, 11) is 1.58. The monoisotopic (exact) mass is 506 g/mol. The molecule has 3 aromatic carbocycles. The highest BCUT2D eigenvalue weighted by Crippen LogP contribution is 2.44. The summed E-state index contributed by atoms with van der Waals surface area (Å²) in [6.45, 7) is 2.98. The molecule has 1 saturated heterocycles. The number of likely N-dealkylation sites (tertiary alicyclic amines) is 1. The second kappa shape index (κ2) is 12.2. The highest BCUT2D eigenvalue weighted by Gasteiger charge is 2.43. The molecule has 0 spiro atoms. The lowest BCUT2D eigenvalue weighted by atomic mass is 9.63. The second-order valence-corrected chi connectivity index (χ2v) is 9.39. The van der Waals surface area contributed by atoms with E-state index in [1.807, 2.05) is 12.1 Å². The number of aliphatic hydroxyl groups excluding tert-OH is 1. The minimum atomic E-state index is -0.978. The Morgan fingerprint density at radius 2 is 1.54 bits per heavy atom. The highest BCUT2D eigenvalue weighted by atomic mass is 19.1. The van der Waals surface area contributed by atoms with E-state index in [0.717, 1.165) is 55.6 Å². The Hall–Kier alpha value is -3.47. The van der Waals surface area contributed by atoms with Gasteiger partial charge in [-0.1, -0.05) is 30.3 Å². The third kappa shape index (κ3) is 5.93. The number of ether oxygens (including phenoxy) is 2. The van der Waals surface area contributed by atoms with Gasteiger partial charge in [0.1, 0.15) is 17.0 Å². The molecule has 1 aliphatic rings. The van der Waals surface area contributed by atoms with Crippen LogP contribution in [0.1, 0.15) is 36.0 Å². The van der Waals surface area contributed by atoms with Gasteiger partial charge in [0.25, 0.3) is 0 Å². The van der Waals surface area contributed by atoms with Crippen LogP contribution in [0.3, 0.4) is 0 Å². The minimum absolute atomic E-state index is 0.00947. The van der Waals surface area contributed by atoms with Crippen molar-refractivity contribution in [3.05, 3.63) is 95.1 Å². The first kappa shape index (κ1) is 26.6.